The van der Waals surface area contributed by atoms with E-state index in [9.17, 15) is 0 Å². The highest BCUT2D eigenvalue weighted by atomic mass is 35.5. The summed E-state index contributed by atoms with van der Waals surface area (Å²) in [5.74, 6) is -0.849. The van der Waals surface area contributed by atoms with Gasteiger partial charge in [0.05, 0.1) is 20.2 Å². The molecule has 0 atom stereocenters. The molecule has 0 aliphatic heterocycles. The molecule has 0 aromatic heterocycles. The fraction of sp³-hybridized carbons (Fsp3) is 1.00. The number of aliphatic hydroxyl groups is 3. The Balaban J connectivity index is 0. The van der Waals surface area contributed by atoms with E-state index in [4.69, 9.17) is 15.3 Å². The second kappa shape index (κ2) is 7.69. The normalized spacial score (nSPS) is 11.0. The fourth-order valence-corrected chi connectivity index (χ4v) is 0.662. The largest absolute Gasteiger partial charge is 0.381 e. The minimum atomic E-state index is -0.849. The van der Waals surface area contributed by atoms with E-state index in [0.717, 1.165) is 0 Å². The van der Waals surface area contributed by atoms with Crippen molar-refractivity contribution in [3.8, 4) is 0 Å². The van der Waals surface area contributed by atoms with Crippen LogP contribution in [0, 0.1) is 0 Å². The molecule has 6 N–H and O–H groups in total. The second-order valence-electron chi connectivity index (χ2n) is 2.13. The van der Waals surface area contributed by atoms with Gasteiger partial charge >= 0.3 is 0 Å². The molecule has 0 amide bonds. The Morgan fingerprint density at radius 3 is 1.33 bits per heavy atom. The van der Waals surface area contributed by atoms with Crippen molar-refractivity contribution in [1.82, 2.24) is 16.0 Å². The van der Waals surface area contributed by atoms with Crippen LogP contribution >= 0.6 is 12.4 Å². The molecule has 0 aromatic rings. The first-order chi connectivity index (χ1) is 5.18. The third-order valence-corrected chi connectivity index (χ3v) is 1.30. The molecule has 0 saturated carbocycles. The number of aliphatic hydroxyl groups excluding tert-OH is 3. The molecule has 0 aliphatic carbocycles. The van der Waals surface area contributed by atoms with Gasteiger partial charge in [0.2, 0.25) is 0 Å². The van der Waals surface area contributed by atoms with Gasteiger partial charge in [-0.15, -0.1) is 12.4 Å². The van der Waals surface area contributed by atoms with Crippen LogP contribution < -0.4 is 16.0 Å². The number of rotatable bonds is 6. The average molecular weight is 202 g/mol. The molecule has 0 unspecified atom stereocenters. The van der Waals surface area contributed by atoms with Gasteiger partial charge < -0.3 is 15.3 Å². The van der Waals surface area contributed by atoms with Gasteiger partial charge in [-0.3, -0.25) is 16.0 Å². The molecule has 0 spiro atoms. The highest BCUT2D eigenvalue weighted by Gasteiger charge is 2.19. The number of hydrogen-bond donors (Lipinski definition) is 6. The minimum Gasteiger partial charge on any atom is -0.381 e. The molecule has 0 heterocycles. The van der Waals surface area contributed by atoms with Gasteiger partial charge in [-0.25, -0.2) is 0 Å². The molecule has 12 heavy (non-hydrogen) atoms. The van der Waals surface area contributed by atoms with E-state index >= 15 is 0 Å². The van der Waals surface area contributed by atoms with Crippen LogP contribution in [0.2, 0.25) is 0 Å². The lowest BCUT2D eigenvalue weighted by Crippen LogP contribution is -2.64. The van der Waals surface area contributed by atoms with Crippen LogP contribution in [-0.2, 0) is 0 Å². The maximum absolute atomic E-state index is 8.50. The molecule has 7 heteroatoms. The molecule has 0 rings (SSSR count). The molecule has 0 radical (unpaired) electrons. The molecule has 0 bridgehead atoms. The van der Waals surface area contributed by atoms with Crippen LogP contribution in [0.1, 0.15) is 6.92 Å². The highest BCUT2D eigenvalue weighted by Crippen LogP contribution is 1.89. The molecule has 0 fully saturated rings. The molecule has 76 valence electrons. The predicted octanol–water partition coefficient (Wildman–Crippen LogP) is -2.30. The summed E-state index contributed by atoms with van der Waals surface area (Å²) >= 11 is 0. The summed E-state index contributed by atoms with van der Waals surface area (Å²) in [4.78, 5) is 0. The lowest BCUT2D eigenvalue weighted by atomic mass is 10.4. The van der Waals surface area contributed by atoms with Gasteiger partial charge in [0.15, 0.2) is 0 Å². The lowest BCUT2D eigenvalue weighted by molar-refractivity contribution is 0.0818. The molecular formula is C5H16ClN3O3. The maximum Gasteiger partial charge on any atom is 0.125 e. The lowest BCUT2D eigenvalue weighted by Gasteiger charge is -2.30. The summed E-state index contributed by atoms with van der Waals surface area (Å²) in [6, 6.07) is 0. The molecule has 6 nitrogen and oxygen atoms in total. The molecule has 0 aromatic carbocycles. The van der Waals surface area contributed by atoms with Crippen molar-refractivity contribution < 1.29 is 15.3 Å². The zero-order chi connectivity index (χ0) is 8.74. The standard InChI is InChI=1S/C5H15N3O3.ClH/c1-5(6-2-9,7-3-10)8-4-11;/h6-11H,2-4H2,1H3;1H. The van der Waals surface area contributed by atoms with Crippen molar-refractivity contribution in [2.24, 2.45) is 0 Å². The van der Waals surface area contributed by atoms with Gasteiger partial charge in [-0.2, -0.15) is 0 Å². The summed E-state index contributed by atoms with van der Waals surface area (Å²) in [5, 5.41) is 33.2. The van der Waals surface area contributed by atoms with E-state index in [1.165, 1.54) is 0 Å². The first-order valence-corrected chi connectivity index (χ1v) is 3.26. The van der Waals surface area contributed by atoms with Crippen LogP contribution in [-0.4, -0.2) is 41.3 Å². The zero-order valence-electron chi connectivity index (χ0n) is 6.87. The Labute approximate surface area is 77.4 Å². The zero-order valence-corrected chi connectivity index (χ0v) is 7.69. The Morgan fingerprint density at radius 2 is 1.17 bits per heavy atom. The Morgan fingerprint density at radius 1 is 0.917 bits per heavy atom. The minimum absolute atomic E-state index is 0. The van der Waals surface area contributed by atoms with Crippen LogP contribution in [0.3, 0.4) is 0 Å². The van der Waals surface area contributed by atoms with Gasteiger partial charge in [0, 0.05) is 0 Å². The van der Waals surface area contributed by atoms with Crippen molar-refractivity contribution in [3.63, 3.8) is 0 Å². The second-order valence-corrected chi connectivity index (χ2v) is 2.13. The van der Waals surface area contributed by atoms with Crippen molar-refractivity contribution >= 4 is 12.4 Å². The monoisotopic (exact) mass is 201 g/mol. The van der Waals surface area contributed by atoms with E-state index in [1.54, 1.807) is 6.92 Å². The topological polar surface area (TPSA) is 96.8 Å². The first-order valence-electron chi connectivity index (χ1n) is 3.26. The van der Waals surface area contributed by atoms with E-state index < -0.39 is 5.79 Å². The van der Waals surface area contributed by atoms with Crippen molar-refractivity contribution in [2.75, 3.05) is 20.2 Å². The van der Waals surface area contributed by atoms with Crippen molar-refractivity contribution in [1.29, 1.82) is 0 Å². The third-order valence-electron chi connectivity index (χ3n) is 1.30. The Kier molecular flexibility index (Phi) is 9.33. The van der Waals surface area contributed by atoms with Crippen LogP contribution in [0.15, 0.2) is 0 Å². The van der Waals surface area contributed by atoms with E-state index in [1.807, 2.05) is 0 Å². The van der Waals surface area contributed by atoms with Crippen molar-refractivity contribution in [2.45, 2.75) is 12.7 Å². The predicted molar refractivity (Wildman–Crippen MR) is 46.3 cm³/mol. The smallest absolute Gasteiger partial charge is 0.125 e. The van der Waals surface area contributed by atoms with Gasteiger partial charge in [0.25, 0.3) is 0 Å². The third kappa shape index (κ3) is 5.67. The van der Waals surface area contributed by atoms with E-state index in [-0.39, 0.29) is 32.6 Å². The number of hydrogen-bond acceptors (Lipinski definition) is 6. The SMILES string of the molecule is CC(NCO)(NCO)NCO.Cl. The summed E-state index contributed by atoms with van der Waals surface area (Å²) in [6.45, 7) is 0.874. The summed E-state index contributed by atoms with van der Waals surface area (Å²) in [6.07, 6.45) is 0. The van der Waals surface area contributed by atoms with Crippen LogP contribution in [0.5, 0.6) is 0 Å². The maximum atomic E-state index is 8.50. The quantitative estimate of drug-likeness (QED) is 0.271. The first kappa shape index (κ1) is 14.6. The summed E-state index contributed by atoms with van der Waals surface area (Å²) in [5.41, 5.74) is 0. The molecular weight excluding hydrogens is 186 g/mol. The number of halogens is 1. The van der Waals surface area contributed by atoms with Crippen molar-refractivity contribution in [3.05, 3.63) is 0 Å². The van der Waals surface area contributed by atoms with Gasteiger partial charge in [-0.05, 0) is 6.92 Å². The molecule has 0 aliphatic rings. The molecule has 0 saturated heterocycles. The van der Waals surface area contributed by atoms with E-state index in [2.05, 4.69) is 16.0 Å². The Hall–Kier alpha value is 0.0500. The number of nitrogens with one attached hydrogen (secondary N) is 3. The fourth-order valence-electron chi connectivity index (χ4n) is 0.662. The van der Waals surface area contributed by atoms with Gasteiger partial charge in [0.1, 0.15) is 5.79 Å². The Bertz CT molecular complexity index is 88.9. The van der Waals surface area contributed by atoms with Crippen LogP contribution in [0.25, 0.3) is 0 Å². The summed E-state index contributed by atoms with van der Waals surface area (Å²) in [7, 11) is 0. The highest BCUT2D eigenvalue weighted by molar-refractivity contribution is 5.85. The van der Waals surface area contributed by atoms with E-state index in [0.29, 0.717) is 0 Å². The van der Waals surface area contributed by atoms with Crippen LogP contribution in [0.4, 0.5) is 0 Å². The summed E-state index contributed by atoms with van der Waals surface area (Å²) < 4.78 is 0. The average Bonchev–Trinajstić information content (AvgIpc) is 1.88. The van der Waals surface area contributed by atoms with Gasteiger partial charge in [-0.1, -0.05) is 0 Å².